The lowest BCUT2D eigenvalue weighted by Crippen LogP contribution is -2.56. The van der Waals surface area contributed by atoms with Gasteiger partial charge in [0.2, 0.25) is 5.91 Å². The van der Waals surface area contributed by atoms with E-state index in [9.17, 15) is 13.6 Å². The summed E-state index contributed by atoms with van der Waals surface area (Å²) in [5.41, 5.74) is 0.748. The molecule has 7 heteroatoms. The summed E-state index contributed by atoms with van der Waals surface area (Å²) in [5.74, 6) is 0.582. The molecule has 0 unspecified atom stereocenters. The Bertz CT molecular complexity index is 780. The molecule has 0 atom stereocenters. The van der Waals surface area contributed by atoms with Crippen molar-refractivity contribution in [3.8, 4) is 0 Å². The summed E-state index contributed by atoms with van der Waals surface area (Å²) in [7, 11) is 0. The van der Waals surface area contributed by atoms with Gasteiger partial charge in [-0.15, -0.1) is 0 Å². The van der Waals surface area contributed by atoms with E-state index in [1.54, 1.807) is 0 Å². The summed E-state index contributed by atoms with van der Waals surface area (Å²) in [6, 6.07) is 10.1. The third kappa shape index (κ3) is 3.36. The van der Waals surface area contributed by atoms with Crippen LogP contribution in [0.2, 0.25) is 0 Å². The van der Waals surface area contributed by atoms with Gasteiger partial charge in [0.15, 0.2) is 0 Å². The lowest BCUT2D eigenvalue weighted by Gasteiger charge is -2.46. The second kappa shape index (κ2) is 7.38. The van der Waals surface area contributed by atoms with Crippen LogP contribution in [-0.4, -0.2) is 51.4 Å². The van der Waals surface area contributed by atoms with Crippen LogP contribution < -0.4 is 0 Å². The number of benzene rings is 1. The maximum Gasteiger partial charge on any atom is 0.319 e. The Morgan fingerprint density at radius 1 is 1.11 bits per heavy atom. The van der Waals surface area contributed by atoms with Gasteiger partial charge in [0, 0.05) is 38.6 Å². The lowest BCUT2D eigenvalue weighted by molar-refractivity contribution is -0.142. The maximum absolute atomic E-state index is 13.3. The highest BCUT2D eigenvalue weighted by Gasteiger charge is 2.47. The fourth-order valence-electron chi connectivity index (χ4n) is 4.17. The minimum atomic E-state index is -2.57. The summed E-state index contributed by atoms with van der Waals surface area (Å²) in [6.07, 6.45) is 5.60. The molecule has 2 aromatic rings. The normalized spacial score (nSPS) is 19.9. The molecule has 0 spiro atoms. The molecule has 1 aromatic carbocycles. The molecule has 2 fully saturated rings. The molecule has 27 heavy (non-hydrogen) atoms. The summed E-state index contributed by atoms with van der Waals surface area (Å²) < 4.78 is 26.8. The number of rotatable bonds is 5. The van der Waals surface area contributed by atoms with E-state index >= 15 is 0 Å². The predicted octanol–water partition coefficient (Wildman–Crippen LogP) is 3.04. The van der Waals surface area contributed by atoms with Gasteiger partial charge in [-0.3, -0.25) is 14.3 Å². The molecule has 1 saturated carbocycles. The molecule has 1 aliphatic heterocycles. The molecule has 1 amide bonds. The molecule has 2 aliphatic rings. The van der Waals surface area contributed by atoms with Gasteiger partial charge >= 0.3 is 6.55 Å². The van der Waals surface area contributed by atoms with Crippen molar-refractivity contribution in [2.24, 2.45) is 0 Å². The van der Waals surface area contributed by atoms with Crippen molar-refractivity contribution in [1.82, 2.24) is 19.4 Å². The van der Waals surface area contributed by atoms with Crippen LogP contribution >= 0.6 is 0 Å². The molecular weight excluding hydrogens is 350 g/mol. The average Bonchev–Trinajstić information content (AvgIpc) is 3.11. The Balaban J connectivity index is 1.39. The van der Waals surface area contributed by atoms with Gasteiger partial charge in [-0.2, -0.15) is 8.78 Å². The van der Waals surface area contributed by atoms with Crippen molar-refractivity contribution in [3.05, 3.63) is 54.1 Å². The highest BCUT2D eigenvalue weighted by atomic mass is 19.3. The number of hydrogen-bond acceptors (Lipinski definition) is 3. The Kier molecular flexibility index (Phi) is 4.95. The first kappa shape index (κ1) is 18.1. The third-order valence-electron chi connectivity index (χ3n) is 5.93. The summed E-state index contributed by atoms with van der Waals surface area (Å²) in [5, 5.41) is 0. The second-order valence-corrected chi connectivity index (χ2v) is 7.40. The van der Waals surface area contributed by atoms with Crippen LogP contribution in [-0.2, 0) is 16.8 Å². The Morgan fingerprint density at radius 3 is 2.41 bits per heavy atom. The highest BCUT2D eigenvalue weighted by Crippen LogP contribution is 2.45. The van der Waals surface area contributed by atoms with Crippen LogP contribution in [0, 0.1) is 0 Å². The maximum atomic E-state index is 13.3. The first-order valence-corrected chi connectivity index (χ1v) is 9.47. The number of halogens is 2. The number of piperazine rings is 1. The molecule has 0 bridgehead atoms. The van der Waals surface area contributed by atoms with E-state index in [-0.39, 0.29) is 11.3 Å². The van der Waals surface area contributed by atoms with E-state index in [1.807, 2.05) is 23.1 Å². The topological polar surface area (TPSA) is 41.4 Å². The van der Waals surface area contributed by atoms with Gasteiger partial charge < -0.3 is 4.90 Å². The molecule has 1 aliphatic carbocycles. The van der Waals surface area contributed by atoms with Crippen LogP contribution in [0.3, 0.4) is 0 Å². The molecule has 2 heterocycles. The second-order valence-electron chi connectivity index (χ2n) is 7.40. The van der Waals surface area contributed by atoms with Crippen molar-refractivity contribution in [2.45, 2.75) is 37.8 Å². The minimum absolute atomic E-state index is 0.216. The van der Waals surface area contributed by atoms with E-state index in [0.717, 1.165) is 29.4 Å². The third-order valence-corrected chi connectivity index (χ3v) is 5.93. The van der Waals surface area contributed by atoms with Crippen LogP contribution in [0.15, 0.2) is 42.7 Å². The van der Waals surface area contributed by atoms with E-state index in [2.05, 4.69) is 22.0 Å². The molecule has 4 rings (SSSR count). The van der Waals surface area contributed by atoms with Gasteiger partial charge in [-0.1, -0.05) is 36.8 Å². The largest absolute Gasteiger partial charge is 0.339 e. The summed E-state index contributed by atoms with van der Waals surface area (Å²) >= 11 is 0. The quantitative estimate of drug-likeness (QED) is 0.808. The fourth-order valence-corrected chi connectivity index (χ4v) is 4.17. The zero-order valence-electron chi connectivity index (χ0n) is 15.2. The molecular formula is C20H24F2N4O. The molecule has 144 valence electrons. The van der Waals surface area contributed by atoms with Crippen LogP contribution in [0.25, 0.3) is 0 Å². The van der Waals surface area contributed by atoms with Crippen LogP contribution in [0.1, 0.15) is 37.2 Å². The monoisotopic (exact) mass is 374 g/mol. The highest BCUT2D eigenvalue weighted by molar-refractivity contribution is 5.89. The average molecular weight is 374 g/mol. The Labute approximate surface area is 157 Å². The number of imidazole rings is 1. The fraction of sp³-hybridized carbons (Fsp3) is 0.500. The zero-order chi connectivity index (χ0) is 18.9. The first-order chi connectivity index (χ1) is 13.1. The number of hydrogen-bond donors (Lipinski definition) is 0. The zero-order valence-corrected chi connectivity index (χ0v) is 15.2. The number of aromatic nitrogens is 2. The van der Waals surface area contributed by atoms with Crippen LogP contribution in [0.4, 0.5) is 8.78 Å². The number of nitrogens with zero attached hydrogens (tertiary/aromatic N) is 4. The number of alkyl halides is 2. The van der Waals surface area contributed by atoms with E-state index in [1.165, 1.54) is 12.4 Å². The van der Waals surface area contributed by atoms with Crippen molar-refractivity contribution in [3.63, 3.8) is 0 Å². The molecule has 0 N–H and O–H groups in total. The smallest absolute Gasteiger partial charge is 0.319 e. The Morgan fingerprint density at radius 2 is 1.81 bits per heavy atom. The van der Waals surface area contributed by atoms with E-state index in [0.29, 0.717) is 38.5 Å². The lowest BCUT2D eigenvalue weighted by atomic mass is 9.63. The van der Waals surface area contributed by atoms with Gasteiger partial charge in [0.25, 0.3) is 0 Å². The number of carbonyl (C=O) groups excluding carboxylic acids is 1. The molecule has 1 aromatic heterocycles. The van der Waals surface area contributed by atoms with Crippen molar-refractivity contribution in [2.75, 3.05) is 26.2 Å². The number of carbonyl (C=O) groups is 1. The molecule has 1 saturated heterocycles. The summed E-state index contributed by atoms with van der Waals surface area (Å²) in [6.45, 7) is 0.406. The van der Waals surface area contributed by atoms with Gasteiger partial charge in [0.1, 0.15) is 5.82 Å². The summed E-state index contributed by atoms with van der Waals surface area (Å²) in [4.78, 5) is 21.3. The van der Waals surface area contributed by atoms with Gasteiger partial charge in [0.05, 0.1) is 12.0 Å². The van der Waals surface area contributed by atoms with Crippen molar-refractivity contribution < 1.29 is 13.6 Å². The van der Waals surface area contributed by atoms with Crippen LogP contribution in [0.5, 0.6) is 0 Å². The standard InChI is InChI=1S/C20H24F2N4O/c21-19(22)26-10-9-23-17(26)15-24-11-13-25(14-12-24)18(27)20(7-4-8-20)16-5-2-1-3-6-16/h1-3,5-6,9-10,19H,4,7-8,11-15H2. The van der Waals surface area contributed by atoms with E-state index < -0.39 is 6.55 Å². The minimum Gasteiger partial charge on any atom is -0.339 e. The SMILES string of the molecule is O=C(N1CCN(Cc2nccn2C(F)F)CC1)C1(c2ccccc2)CCC1. The predicted molar refractivity (Wildman–Crippen MR) is 97.3 cm³/mol. The van der Waals surface area contributed by atoms with E-state index in [4.69, 9.17) is 0 Å². The molecule has 0 radical (unpaired) electrons. The van der Waals surface area contributed by atoms with Crippen molar-refractivity contribution in [1.29, 1.82) is 0 Å². The van der Waals surface area contributed by atoms with Crippen molar-refractivity contribution >= 4 is 5.91 Å². The number of amides is 1. The first-order valence-electron chi connectivity index (χ1n) is 9.47. The Hall–Kier alpha value is -2.28. The van der Waals surface area contributed by atoms with Gasteiger partial charge in [-0.25, -0.2) is 4.98 Å². The molecule has 5 nitrogen and oxygen atoms in total. The van der Waals surface area contributed by atoms with Gasteiger partial charge in [-0.05, 0) is 18.4 Å².